The van der Waals surface area contributed by atoms with Crippen molar-refractivity contribution in [3.05, 3.63) is 63.8 Å². The number of urea groups is 1. The van der Waals surface area contributed by atoms with E-state index < -0.39 is 0 Å². The SMILES string of the molecule is Cn1nnc(-c2cccc(NC(=O)N3C4CCC3C3C(C4)[C@@H]3OCc3c(-c4c(Cl)cccc4Cl)noc3C3CC3)c2)n1. The summed E-state index contributed by atoms with van der Waals surface area (Å²) in [5.41, 5.74) is 3.80. The van der Waals surface area contributed by atoms with Gasteiger partial charge in [0.1, 0.15) is 11.5 Å². The van der Waals surface area contributed by atoms with Crippen molar-refractivity contribution in [2.45, 2.75) is 62.8 Å². The standard InChI is InChI=1S/C30H29Cl2N7O3/c1-38-35-29(34-37-38)16-4-2-5-17(12-16)33-30(40)39-18-10-11-23(39)24-19(13-18)28(24)41-14-20-26(36-42-27(20)15-8-9-15)25-21(31)6-3-7-22(25)32/h2-7,12,15,18-19,23-24,28H,8-11,13-14H2,1H3,(H,33,40)/t18?,19?,23?,24?,28-/m0/s1. The van der Waals surface area contributed by atoms with Crippen LogP contribution in [0.1, 0.15) is 49.3 Å². The third-order valence-electron chi connectivity index (χ3n) is 9.19. The quantitative estimate of drug-likeness (QED) is 0.262. The molecule has 2 aromatic heterocycles. The molecule has 2 saturated carbocycles. The van der Waals surface area contributed by atoms with Crippen LogP contribution in [0.25, 0.3) is 22.6 Å². The molecule has 2 amide bonds. The summed E-state index contributed by atoms with van der Waals surface area (Å²) in [6.07, 6.45) is 5.22. The molecular formula is C30H29Cl2N7O3. The van der Waals surface area contributed by atoms with Gasteiger partial charge in [0, 0.05) is 46.3 Å². The lowest BCUT2D eigenvalue weighted by Gasteiger charge is -2.34. The van der Waals surface area contributed by atoms with Crippen LogP contribution in [-0.4, -0.2) is 54.5 Å². The van der Waals surface area contributed by atoms with Gasteiger partial charge in [0.25, 0.3) is 0 Å². The molecule has 2 aliphatic heterocycles. The molecule has 2 saturated heterocycles. The van der Waals surface area contributed by atoms with Crippen LogP contribution in [-0.2, 0) is 18.4 Å². The van der Waals surface area contributed by atoms with Gasteiger partial charge < -0.3 is 19.5 Å². The van der Waals surface area contributed by atoms with E-state index >= 15 is 0 Å². The maximum absolute atomic E-state index is 13.6. The van der Waals surface area contributed by atoms with Gasteiger partial charge in [0.2, 0.25) is 5.82 Å². The third-order valence-corrected chi connectivity index (χ3v) is 9.82. The molecule has 12 heteroatoms. The average molecular weight is 607 g/mol. The predicted molar refractivity (Wildman–Crippen MR) is 156 cm³/mol. The van der Waals surface area contributed by atoms with Gasteiger partial charge in [-0.15, -0.1) is 10.2 Å². The second-order valence-electron chi connectivity index (χ2n) is 11.8. The minimum atomic E-state index is -0.0680. The highest BCUT2D eigenvalue weighted by molar-refractivity contribution is 6.39. The minimum Gasteiger partial charge on any atom is -0.373 e. The van der Waals surface area contributed by atoms with E-state index in [-0.39, 0.29) is 24.2 Å². The number of carbonyl (C=O) groups excluding carboxylic acids is 1. The van der Waals surface area contributed by atoms with E-state index in [2.05, 4.69) is 30.8 Å². The first-order valence-electron chi connectivity index (χ1n) is 14.4. The molecule has 2 bridgehead atoms. The van der Waals surface area contributed by atoms with Crippen molar-refractivity contribution in [1.29, 1.82) is 0 Å². The highest BCUT2D eigenvalue weighted by Gasteiger charge is 2.64. The maximum Gasteiger partial charge on any atom is 0.322 e. The molecule has 1 N–H and O–H groups in total. The van der Waals surface area contributed by atoms with Crippen molar-refractivity contribution >= 4 is 34.9 Å². The number of aromatic nitrogens is 5. The van der Waals surface area contributed by atoms with Crippen molar-refractivity contribution in [3.63, 3.8) is 0 Å². The number of aryl methyl sites for hydroxylation is 1. The molecule has 0 spiro atoms. The monoisotopic (exact) mass is 605 g/mol. The van der Waals surface area contributed by atoms with E-state index in [9.17, 15) is 4.79 Å². The smallest absolute Gasteiger partial charge is 0.322 e. The van der Waals surface area contributed by atoms with Gasteiger partial charge in [-0.05, 0) is 67.5 Å². The molecule has 0 radical (unpaired) electrons. The second-order valence-corrected chi connectivity index (χ2v) is 12.6. The Kier molecular flexibility index (Phi) is 6.28. The highest BCUT2D eigenvalue weighted by atomic mass is 35.5. The first-order chi connectivity index (χ1) is 20.5. The first kappa shape index (κ1) is 26.2. The molecule has 4 heterocycles. The summed E-state index contributed by atoms with van der Waals surface area (Å²) >= 11 is 13.1. The van der Waals surface area contributed by atoms with Crippen LogP contribution < -0.4 is 5.32 Å². The normalized spacial score (nSPS) is 25.9. The Morgan fingerprint density at radius 1 is 1.12 bits per heavy atom. The lowest BCUT2D eigenvalue weighted by atomic mass is 10.0. The number of amides is 2. The molecule has 2 aliphatic carbocycles. The summed E-state index contributed by atoms with van der Waals surface area (Å²) in [7, 11) is 1.72. The fourth-order valence-corrected chi connectivity index (χ4v) is 7.68. The number of nitrogens with one attached hydrogen (secondary N) is 1. The Morgan fingerprint density at radius 3 is 2.69 bits per heavy atom. The molecule has 4 unspecified atom stereocenters. The fourth-order valence-electron chi connectivity index (χ4n) is 7.10. The lowest BCUT2D eigenvalue weighted by Crippen LogP contribution is -2.47. The number of rotatable bonds is 7. The number of fused-ring (bicyclic) bond motifs is 4. The van der Waals surface area contributed by atoms with Crippen LogP contribution in [0.2, 0.25) is 10.0 Å². The van der Waals surface area contributed by atoms with Crippen LogP contribution in [0.3, 0.4) is 0 Å². The van der Waals surface area contributed by atoms with E-state index in [1.54, 1.807) is 7.05 Å². The second kappa shape index (κ2) is 10.1. The van der Waals surface area contributed by atoms with E-state index in [1.807, 2.05) is 42.5 Å². The van der Waals surface area contributed by atoms with E-state index in [1.165, 1.54) is 4.80 Å². The molecule has 4 fully saturated rings. The molecule has 10 nitrogen and oxygen atoms in total. The zero-order valence-electron chi connectivity index (χ0n) is 22.9. The Labute approximate surface area is 252 Å². The Bertz CT molecular complexity index is 1660. The number of hydrogen-bond acceptors (Lipinski definition) is 7. The van der Waals surface area contributed by atoms with Gasteiger partial charge in [0.05, 0.1) is 29.8 Å². The molecule has 42 heavy (non-hydrogen) atoms. The first-order valence-corrected chi connectivity index (χ1v) is 15.2. The molecule has 8 rings (SSSR count). The number of carbonyl (C=O) groups is 1. The van der Waals surface area contributed by atoms with Crippen molar-refractivity contribution in [2.24, 2.45) is 18.9 Å². The number of halogens is 2. The Morgan fingerprint density at radius 2 is 1.93 bits per heavy atom. The minimum absolute atomic E-state index is 0.0680. The van der Waals surface area contributed by atoms with Crippen molar-refractivity contribution in [3.8, 4) is 22.6 Å². The van der Waals surface area contributed by atoms with Gasteiger partial charge in [-0.1, -0.05) is 46.6 Å². The summed E-state index contributed by atoms with van der Waals surface area (Å²) in [6.45, 7) is 0.386. The van der Waals surface area contributed by atoms with Crippen LogP contribution in [0.5, 0.6) is 0 Å². The van der Waals surface area contributed by atoms with Crippen LogP contribution in [0.4, 0.5) is 10.5 Å². The average Bonchev–Trinajstić information content (AvgIpc) is 3.80. The number of hydrogen-bond donors (Lipinski definition) is 1. The topological polar surface area (TPSA) is 111 Å². The third kappa shape index (κ3) is 4.47. The maximum atomic E-state index is 13.6. The highest BCUT2D eigenvalue weighted by Crippen LogP contribution is 2.58. The molecule has 4 aromatic rings. The van der Waals surface area contributed by atoms with Crippen molar-refractivity contribution in [2.75, 3.05) is 5.32 Å². The van der Waals surface area contributed by atoms with Crippen molar-refractivity contribution < 1.29 is 14.1 Å². The molecule has 2 aromatic carbocycles. The summed E-state index contributed by atoms with van der Waals surface area (Å²) in [5, 5.41) is 20.9. The summed E-state index contributed by atoms with van der Waals surface area (Å²) in [4.78, 5) is 17.0. The van der Waals surface area contributed by atoms with Gasteiger partial charge in [-0.2, -0.15) is 4.80 Å². The van der Waals surface area contributed by atoms with E-state index in [0.717, 1.165) is 49.0 Å². The van der Waals surface area contributed by atoms with E-state index in [4.69, 9.17) is 32.5 Å². The number of benzene rings is 2. The lowest BCUT2D eigenvalue weighted by molar-refractivity contribution is 0.0827. The van der Waals surface area contributed by atoms with Crippen molar-refractivity contribution in [1.82, 2.24) is 30.3 Å². The Hall–Kier alpha value is -3.47. The summed E-state index contributed by atoms with van der Waals surface area (Å²) in [5.74, 6) is 2.54. The zero-order valence-corrected chi connectivity index (χ0v) is 24.4. The molecule has 216 valence electrons. The fraction of sp³-hybridized carbons (Fsp3) is 0.433. The van der Waals surface area contributed by atoms with Gasteiger partial charge in [-0.3, -0.25) is 0 Å². The number of anilines is 1. The number of piperidine rings is 1. The van der Waals surface area contributed by atoms with Crippen LogP contribution in [0.15, 0.2) is 47.0 Å². The molecule has 4 aliphatic rings. The van der Waals surface area contributed by atoms with E-state index in [0.29, 0.717) is 57.2 Å². The zero-order chi connectivity index (χ0) is 28.5. The van der Waals surface area contributed by atoms with Gasteiger partial charge >= 0.3 is 6.03 Å². The van der Waals surface area contributed by atoms with Crippen LogP contribution >= 0.6 is 23.2 Å². The Balaban J connectivity index is 0.974. The van der Waals surface area contributed by atoms with Crippen LogP contribution in [0, 0.1) is 11.8 Å². The summed E-state index contributed by atoms with van der Waals surface area (Å²) < 4.78 is 12.4. The number of ether oxygens (including phenoxy) is 1. The number of nitrogens with zero attached hydrogens (tertiary/aromatic N) is 6. The number of tetrazole rings is 1. The molecule has 5 atom stereocenters. The van der Waals surface area contributed by atoms with Gasteiger partial charge in [0.15, 0.2) is 0 Å². The predicted octanol–water partition coefficient (Wildman–Crippen LogP) is 6.32. The largest absolute Gasteiger partial charge is 0.373 e. The van der Waals surface area contributed by atoms with Gasteiger partial charge in [-0.25, -0.2) is 4.79 Å². The summed E-state index contributed by atoms with van der Waals surface area (Å²) in [6, 6.07) is 13.3. The molecular weight excluding hydrogens is 577 g/mol.